The minimum absolute atomic E-state index is 0.540. The minimum atomic E-state index is 0.540. The van der Waals surface area contributed by atoms with E-state index >= 15 is 0 Å². The number of hydrogen-bond acceptors (Lipinski definition) is 3. The molecule has 0 aliphatic heterocycles. The standard InChI is InChI=1S/C13H28N2O/c1-4-14-10-13(11-16-3)15(5-2)12-8-6-7-9-12/h12-14H,4-11H2,1-3H3. The van der Waals surface area contributed by atoms with E-state index in [4.69, 9.17) is 4.74 Å². The molecule has 1 atom stereocenters. The van der Waals surface area contributed by atoms with Gasteiger partial charge in [0.05, 0.1) is 6.61 Å². The molecule has 0 aromatic carbocycles. The number of rotatable bonds is 8. The van der Waals surface area contributed by atoms with Crippen LogP contribution in [0.25, 0.3) is 0 Å². The third kappa shape index (κ3) is 4.04. The van der Waals surface area contributed by atoms with Crippen molar-refractivity contribution in [3.63, 3.8) is 0 Å². The SMILES string of the molecule is CCNCC(COC)N(CC)C1CCCC1. The first-order valence-electron chi connectivity index (χ1n) is 6.78. The van der Waals surface area contributed by atoms with E-state index in [1.807, 2.05) is 0 Å². The van der Waals surface area contributed by atoms with Crippen LogP contribution in [-0.4, -0.2) is 50.3 Å². The minimum Gasteiger partial charge on any atom is -0.383 e. The number of hydrogen-bond donors (Lipinski definition) is 1. The second-order valence-electron chi connectivity index (χ2n) is 4.69. The summed E-state index contributed by atoms with van der Waals surface area (Å²) in [5.74, 6) is 0. The lowest BCUT2D eigenvalue weighted by molar-refractivity contribution is 0.0654. The quantitative estimate of drug-likeness (QED) is 0.686. The van der Waals surface area contributed by atoms with Crippen molar-refractivity contribution >= 4 is 0 Å². The fraction of sp³-hybridized carbons (Fsp3) is 1.00. The molecule has 0 heterocycles. The molecule has 1 aliphatic carbocycles. The molecule has 1 N–H and O–H groups in total. The van der Waals surface area contributed by atoms with Crippen LogP contribution in [0.5, 0.6) is 0 Å². The summed E-state index contributed by atoms with van der Waals surface area (Å²) in [4.78, 5) is 2.64. The first-order chi connectivity index (χ1) is 7.83. The number of methoxy groups -OCH3 is 1. The summed E-state index contributed by atoms with van der Waals surface area (Å²) in [5, 5.41) is 3.45. The highest BCUT2D eigenvalue weighted by Crippen LogP contribution is 2.24. The summed E-state index contributed by atoms with van der Waals surface area (Å²) in [6, 6.07) is 1.34. The molecule has 16 heavy (non-hydrogen) atoms. The smallest absolute Gasteiger partial charge is 0.0630 e. The Kier molecular flexibility index (Phi) is 7.01. The Bertz CT molecular complexity index is 169. The molecule has 0 bridgehead atoms. The van der Waals surface area contributed by atoms with Crippen LogP contribution in [0.2, 0.25) is 0 Å². The largest absolute Gasteiger partial charge is 0.383 e. The highest BCUT2D eigenvalue weighted by atomic mass is 16.5. The van der Waals surface area contributed by atoms with E-state index in [1.165, 1.54) is 25.7 Å². The van der Waals surface area contributed by atoms with Crippen LogP contribution >= 0.6 is 0 Å². The highest BCUT2D eigenvalue weighted by Gasteiger charge is 2.27. The average Bonchev–Trinajstić information content (AvgIpc) is 2.80. The third-order valence-corrected chi connectivity index (χ3v) is 3.62. The maximum atomic E-state index is 5.36. The summed E-state index contributed by atoms with van der Waals surface area (Å²) >= 11 is 0. The van der Waals surface area contributed by atoms with Crippen molar-refractivity contribution in [3.05, 3.63) is 0 Å². The molecule has 1 rings (SSSR count). The average molecular weight is 228 g/mol. The van der Waals surface area contributed by atoms with Crippen molar-refractivity contribution in [2.24, 2.45) is 0 Å². The Balaban J connectivity index is 2.49. The van der Waals surface area contributed by atoms with Crippen molar-refractivity contribution in [1.29, 1.82) is 0 Å². The Morgan fingerprint density at radius 3 is 2.50 bits per heavy atom. The fourth-order valence-corrected chi connectivity index (χ4v) is 2.83. The normalized spacial score (nSPS) is 19.5. The predicted molar refractivity (Wildman–Crippen MR) is 68.8 cm³/mol. The second kappa shape index (κ2) is 8.04. The molecule has 1 aliphatic rings. The van der Waals surface area contributed by atoms with Gasteiger partial charge in [0.25, 0.3) is 0 Å². The van der Waals surface area contributed by atoms with Crippen molar-refractivity contribution < 1.29 is 4.74 Å². The molecule has 1 unspecified atom stereocenters. The van der Waals surface area contributed by atoms with Crippen molar-refractivity contribution in [2.75, 3.05) is 33.4 Å². The summed E-state index contributed by atoms with van der Waals surface area (Å²) in [6.45, 7) is 8.52. The van der Waals surface area contributed by atoms with E-state index in [1.54, 1.807) is 7.11 Å². The van der Waals surface area contributed by atoms with Gasteiger partial charge in [0.15, 0.2) is 0 Å². The highest BCUT2D eigenvalue weighted by molar-refractivity contribution is 4.83. The zero-order valence-electron chi connectivity index (χ0n) is 11.2. The Labute approximate surface area is 101 Å². The topological polar surface area (TPSA) is 24.5 Å². The number of nitrogens with one attached hydrogen (secondary N) is 1. The summed E-state index contributed by atoms with van der Waals surface area (Å²) in [5.41, 5.74) is 0. The van der Waals surface area contributed by atoms with Crippen LogP contribution < -0.4 is 5.32 Å². The number of ether oxygens (including phenoxy) is 1. The van der Waals surface area contributed by atoms with Gasteiger partial charge in [-0.1, -0.05) is 26.7 Å². The molecule has 1 saturated carbocycles. The maximum absolute atomic E-state index is 5.36. The molecule has 3 nitrogen and oxygen atoms in total. The zero-order chi connectivity index (χ0) is 11.8. The van der Waals surface area contributed by atoms with Crippen LogP contribution in [0, 0.1) is 0 Å². The molecule has 3 heteroatoms. The van der Waals surface area contributed by atoms with Gasteiger partial charge in [-0.2, -0.15) is 0 Å². The zero-order valence-corrected chi connectivity index (χ0v) is 11.2. The summed E-state index contributed by atoms with van der Waals surface area (Å²) in [7, 11) is 1.81. The molecule has 0 amide bonds. The first-order valence-corrected chi connectivity index (χ1v) is 6.78. The second-order valence-corrected chi connectivity index (χ2v) is 4.69. The molecule has 0 saturated heterocycles. The predicted octanol–water partition coefficient (Wildman–Crippen LogP) is 1.88. The lowest BCUT2D eigenvalue weighted by atomic mass is 10.1. The molecule has 0 spiro atoms. The lowest BCUT2D eigenvalue weighted by Gasteiger charge is -2.35. The van der Waals surface area contributed by atoms with Crippen LogP contribution in [0.15, 0.2) is 0 Å². The fourth-order valence-electron chi connectivity index (χ4n) is 2.83. The van der Waals surface area contributed by atoms with E-state index in [0.29, 0.717) is 6.04 Å². The molecule has 1 fully saturated rings. The van der Waals surface area contributed by atoms with Crippen LogP contribution in [-0.2, 0) is 4.74 Å². The Morgan fingerprint density at radius 2 is 2.00 bits per heavy atom. The van der Waals surface area contributed by atoms with Gasteiger partial charge in [0.1, 0.15) is 0 Å². The third-order valence-electron chi connectivity index (χ3n) is 3.62. The number of nitrogens with zero attached hydrogens (tertiary/aromatic N) is 1. The molecule has 0 radical (unpaired) electrons. The van der Waals surface area contributed by atoms with Gasteiger partial charge in [0.2, 0.25) is 0 Å². The maximum Gasteiger partial charge on any atom is 0.0630 e. The van der Waals surface area contributed by atoms with Gasteiger partial charge in [-0.15, -0.1) is 0 Å². The van der Waals surface area contributed by atoms with Gasteiger partial charge in [0, 0.05) is 25.7 Å². The monoisotopic (exact) mass is 228 g/mol. The van der Waals surface area contributed by atoms with E-state index in [-0.39, 0.29) is 0 Å². The van der Waals surface area contributed by atoms with E-state index in [2.05, 4.69) is 24.1 Å². The molecule has 96 valence electrons. The van der Waals surface area contributed by atoms with E-state index in [9.17, 15) is 0 Å². The molecule has 0 aromatic rings. The van der Waals surface area contributed by atoms with E-state index in [0.717, 1.165) is 32.3 Å². The number of likely N-dealkylation sites (N-methyl/N-ethyl adjacent to an activating group) is 2. The van der Waals surface area contributed by atoms with Gasteiger partial charge in [-0.25, -0.2) is 0 Å². The first kappa shape index (κ1) is 13.9. The van der Waals surface area contributed by atoms with Crippen molar-refractivity contribution in [3.8, 4) is 0 Å². The lowest BCUT2D eigenvalue weighted by Crippen LogP contribution is -2.49. The Morgan fingerprint density at radius 1 is 1.31 bits per heavy atom. The van der Waals surface area contributed by atoms with Crippen LogP contribution in [0.3, 0.4) is 0 Å². The molecular formula is C13H28N2O. The van der Waals surface area contributed by atoms with Crippen LogP contribution in [0.1, 0.15) is 39.5 Å². The summed E-state index contributed by atoms with van der Waals surface area (Å²) < 4.78 is 5.36. The molecular weight excluding hydrogens is 200 g/mol. The van der Waals surface area contributed by atoms with Crippen molar-refractivity contribution in [2.45, 2.75) is 51.6 Å². The summed E-state index contributed by atoms with van der Waals surface area (Å²) in [6.07, 6.45) is 5.56. The van der Waals surface area contributed by atoms with E-state index < -0.39 is 0 Å². The molecule has 0 aromatic heterocycles. The van der Waals surface area contributed by atoms with Gasteiger partial charge < -0.3 is 10.1 Å². The Hall–Kier alpha value is -0.120. The van der Waals surface area contributed by atoms with Crippen LogP contribution in [0.4, 0.5) is 0 Å². The van der Waals surface area contributed by atoms with Gasteiger partial charge in [-0.05, 0) is 25.9 Å². The van der Waals surface area contributed by atoms with Crippen molar-refractivity contribution in [1.82, 2.24) is 10.2 Å². The van der Waals surface area contributed by atoms with Gasteiger partial charge in [-0.3, -0.25) is 4.90 Å². The van der Waals surface area contributed by atoms with Gasteiger partial charge >= 0.3 is 0 Å².